The number of nitrogens with zero attached hydrogens (tertiary/aromatic N) is 1. The van der Waals surface area contributed by atoms with Crippen LogP contribution in [0.5, 0.6) is 0 Å². The van der Waals surface area contributed by atoms with Gasteiger partial charge in [-0.15, -0.1) is 0 Å². The lowest BCUT2D eigenvalue weighted by Crippen LogP contribution is -2.26. The maximum atomic E-state index is 2.57. The molecule has 0 N–H and O–H groups in total. The minimum atomic E-state index is -0.532. The molecule has 0 saturated carbocycles. The second-order valence-corrected chi connectivity index (χ2v) is 19.9. The van der Waals surface area contributed by atoms with Gasteiger partial charge in [-0.3, -0.25) is 0 Å². The molecule has 0 aliphatic heterocycles. The van der Waals surface area contributed by atoms with Crippen LogP contribution in [0.15, 0.2) is 285 Å². The molecular weight excluding hydrogens is 891 g/mol. The molecule has 0 radical (unpaired) electrons. The fourth-order valence-electron chi connectivity index (χ4n) is 12.8. The molecule has 0 atom stereocenters. The van der Waals surface area contributed by atoms with Crippen LogP contribution in [0.1, 0.15) is 22.3 Å². The molecule has 2 aliphatic rings. The molecule has 2 aliphatic carbocycles. The predicted octanol–water partition coefficient (Wildman–Crippen LogP) is 19.6. The number of hydrogen-bond donors (Lipinski definition) is 0. The van der Waals surface area contributed by atoms with E-state index in [0.29, 0.717) is 0 Å². The Morgan fingerprint density at radius 3 is 1.14 bits per heavy atom. The fraction of sp³-hybridized carbons (Fsp3) is 0.0137. The molecule has 13 aromatic carbocycles. The average Bonchev–Trinajstić information content (AvgIpc) is 4.01. The maximum Gasteiger partial charge on any atom is 0.0726 e. The molecule has 1 nitrogen and oxygen atoms in total. The summed E-state index contributed by atoms with van der Waals surface area (Å²) in [6.45, 7) is 0. The van der Waals surface area contributed by atoms with Crippen LogP contribution in [0.4, 0.5) is 17.1 Å². The van der Waals surface area contributed by atoms with Crippen molar-refractivity contribution in [2.45, 2.75) is 5.41 Å². The number of anilines is 3. The van der Waals surface area contributed by atoms with Crippen molar-refractivity contribution in [3.8, 4) is 66.8 Å². The van der Waals surface area contributed by atoms with Crippen LogP contribution in [0.2, 0.25) is 0 Å². The summed E-state index contributed by atoms with van der Waals surface area (Å²) in [7, 11) is 0. The third-order valence-corrected chi connectivity index (χ3v) is 16.0. The van der Waals surface area contributed by atoms with Crippen molar-refractivity contribution in [1.82, 2.24) is 0 Å². The van der Waals surface area contributed by atoms with E-state index in [1.54, 1.807) is 0 Å². The topological polar surface area (TPSA) is 3.24 Å². The minimum absolute atomic E-state index is 0.532. The van der Waals surface area contributed by atoms with Gasteiger partial charge in [0.1, 0.15) is 0 Å². The zero-order valence-electron chi connectivity index (χ0n) is 40.6. The Labute approximate surface area is 431 Å². The van der Waals surface area contributed by atoms with Gasteiger partial charge in [0.25, 0.3) is 0 Å². The number of rotatable bonds is 7. The van der Waals surface area contributed by atoms with Crippen molar-refractivity contribution >= 4 is 49.4 Å². The van der Waals surface area contributed by atoms with Gasteiger partial charge in [-0.25, -0.2) is 0 Å². The molecule has 0 bridgehead atoms. The molecule has 0 amide bonds. The van der Waals surface area contributed by atoms with Crippen molar-refractivity contribution in [1.29, 1.82) is 0 Å². The maximum absolute atomic E-state index is 2.57. The Balaban J connectivity index is 1.03. The molecular formula is C73H47N. The predicted molar refractivity (Wildman–Crippen MR) is 312 cm³/mol. The quantitative estimate of drug-likeness (QED) is 0.144. The molecule has 0 saturated heterocycles. The van der Waals surface area contributed by atoms with Gasteiger partial charge in [0, 0.05) is 16.9 Å². The van der Waals surface area contributed by atoms with Gasteiger partial charge in [0.05, 0.1) is 11.1 Å². The summed E-state index contributed by atoms with van der Waals surface area (Å²) in [5.74, 6) is 0. The first-order valence-electron chi connectivity index (χ1n) is 25.7. The Morgan fingerprint density at radius 2 is 0.595 bits per heavy atom. The van der Waals surface area contributed by atoms with Gasteiger partial charge in [-0.2, -0.15) is 0 Å². The van der Waals surface area contributed by atoms with E-state index in [9.17, 15) is 0 Å². The first kappa shape index (κ1) is 42.2. The normalized spacial score (nSPS) is 12.7. The molecule has 0 fully saturated rings. The van der Waals surface area contributed by atoms with Crippen LogP contribution in [-0.4, -0.2) is 0 Å². The van der Waals surface area contributed by atoms with Crippen LogP contribution < -0.4 is 4.90 Å². The van der Waals surface area contributed by atoms with Crippen LogP contribution in [0, 0.1) is 0 Å². The molecule has 0 unspecified atom stereocenters. The highest BCUT2D eigenvalue weighted by molar-refractivity contribution is 6.26. The van der Waals surface area contributed by atoms with Crippen molar-refractivity contribution in [3.63, 3.8) is 0 Å². The minimum Gasteiger partial charge on any atom is -0.310 e. The Kier molecular flexibility index (Phi) is 9.55. The van der Waals surface area contributed by atoms with Crippen molar-refractivity contribution < 1.29 is 0 Å². The van der Waals surface area contributed by atoms with Gasteiger partial charge >= 0.3 is 0 Å². The fourth-order valence-corrected chi connectivity index (χ4v) is 12.8. The molecule has 74 heavy (non-hydrogen) atoms. The van der Waals surface area contributed by atoms with Gasteiger partial charge < -0.3 is 4.90 Å². The van der Waals surface area contributed by atoms with Crippen molar-refractivity contribution in [2.24, 2.45) is 0 Å². The molecule has 15 rings (SSSR count). The van der Waals surface area contributed by atoms with Crippen LogP contribution >= 0.6 is 0 Å². The summed E-state index contributed by atoms with van der Waals surface area (Å²) >= 11 is 0. The number of benzene rings is 13. The van der Waals surface area contributed by atoms with Crippen LogP contribution in [-0.2, 0) is 5.41 Å². The first-order chi connectivity index (χ1) is 36.7. The molecule has 1 heteroatoms. The monoisotopic (exact) mass is 937 g/mol. The molecule has 13 aromatic rings. The highest BCUT2D eigenvalue weighted by Crippen LogP contribution is 2.64. The van der Waals surface area contributed by atoms with E-state index in [1.165, 1.54) is 110 Å². The number of hydrogen-bond acceptors (Lipinski definition) is 1. The van der Waals surface area contributed by atoms with Gasteiger partial charge in [-0.05, 0) is 164 Å². The van der Waals surface area contributed by atoms with Crippen molar-refractivity contribution in [3.05, 3.63) is 307 Å². The second kappa shape index (κ2) is 16.8. The summed E-state index contributed by atoms with van der Waals surface area (Å²) in [5, 5.41) is 7.51. The van der Waals surface area contributed by atoms with E-state index in [0.717, 1.165) is 28.2 Å². The van der Waals surface area contributed by atoms with Gasteiger partial charge in [0.2, 0.25) is 0 Å². The van der Waals surface area contributed by atoms with Crippen molar-refractivity contribution in [2.75, 3.05) is 4.90 Å². The lowest BCUT2D eigenvalue weighted by Gasteiger charge is -2.33. The lowest BCUT2D eigenvalue weighted by molar-refractivity contribution is 0.794. The van der Waals surface area contributed by atoms with E-state index in [-0.39, 0.29) is 0 Å². The molecule has 1 spiro atoms. The first-order valence-corrected chi connectivity index (χ1v) is 25.7. The SMILES string of the molecule is c1ccc(-c2cccc(-c3ccc(N(c4ccc5c6ccccc6c6ccccc6c5c4)c4cc5c(cc4-c4cccc(-c6ccccc6)c4)-c4ccccc4C54c5ccccc5-c5ccccc54)cc3)c2)cc1. The summed E-state index contributed by atoms with van der Waals surface area (Å²) in [5.41, 5.74) is 22.6. The van der Waals surface area contributed by atoms with Gasteiger partial charge in [-0.1, -0.05) is 237 Å². The zero-order valence-corrected chi connectivity index (χ0v) is 40.6. The highest BCUT2D eigenvalue weighted by Gasteiger charge is 2.52. The van der Waals surface area contributed by atoms with Crippen LogP contribution in [0.3, 0.4) is 0 Å². The molecule has 0 aromatic heterocycles. The smallest absolute Gasteiger partial charge is 0.0726 e. The molecule has 344 valence electrons. The van der Waals surface area contributed by atoms with E-state index >= 15 is 0 Å². The Morgan fingerprint density at radius 1 is 0.203 bits per heavy atom. The summed E-state index contributed by atoms with van der Waals surface area (Å²) in [4.78, 5) is 2.54. The standard InChI is InChI=1S/C73H47N/c1-3-19-48(20-4-1)51-23-17-24-52(43-51)50-37-39-55(40-38-50)74(56-41-42-61-59-29-8-7-27-57(59)58-28-9-10-30-60(58)66(61)45-56)72-47-71-67(46-65(72)54-26-18-25-53(44-54)49-21-5-2-6-22-49)64-33-13-16-36-70(64)73(71)68-34-14-11-31-62(68)63-32-12-15-35-69(63)73/h1-47H. The van der Waals surface area contributed by atoms with Gasteiger partial charge in [0.15, 0.2) is 0 Å². The molecule has 0 heterocycles. The average molecular weight is 938 g/mol. The van der Waals surface area contributed by atoms with E-state index in [1.807, 2.05) is 0 Å². The summed E-state index contributed by atoms with van der Waals surface area (Å²) in [6, 6.07) is 106. The third-order valence-electron chi connectivity index (χ3n) is 16.0. The largest absolute Gasteiger partial charge is 0.310 e. The highest BCUT2D eigenvalue weighted by atomic mass is 15.1. The van der Waals surface area contributed by atoms with E-state index in [4.69, 9.17) is 0 Å². The van der Waals surface area contributed by atoms with E-state index in [2.05, 4.69) is 290 Å². The summed E-state index contributed by atoms with van der Waals surface area (Å²) < 4.78 is 0. The third kappa shape index (κ3) is 6.36. The van der Waals surface area contributed by atoms with Crippen LogP contribution in [0.25, 0.3) is 99.1 Å². The second-order valence-electron chi connectivity index (χ2n) is 19.9. The zero-order chi connectivity index (χ0) is 48.7. The lowest BCUT2D eigenvalue weighted by atomic mass is 9.70. The number of fused-ring (bicyclic) bond motifs is 16. The Bertz CT molecular complexity index is 4280. The van der Waals surface area contributed by atoms with E-state index < -0.39 is 5.41 Å². The summed E-state index contributed by atoms with van der Waals surface area (Å²) in [6.07, 6.45) is 0. The Hall–Kier alpha value is -9.56.